The molecular weight excluding hydrogens is 489 g/mol. The number of anilines is 1. The lowest BCUT2D eigenvalue weighted by molar-refractivity contribution is -0.137. The van der Waals surface area contributed by atoms with Gasteiger partial charge in [-0.1, -0.05) is 36.4 Å². The second-order valence-corrected chi connectivity index (χ2v) is 9.09. The number of hydrogen-bond acceptors (Lipinski definition) is 6. The van der Waals surface area contributed by atoms with E-state index in [-0.39, 0.29) is 49.6 Å². The first-order chi connectivity index (χ1) is 17.4. The monoisotopic (exact) mass is 520 g/mol. The van der Waals surface area contributed by atoms with Gasteiger partial charge in [-0.2, -0.15) is 13.2 Å². The summed E-state index contributed by atoms with van der Waals surface area (Å²) >= 11 is 0. The number of halogens is 3. The summed E-state index contributed by atoms with van der Waals surface area (Å²) in [5, 5.41) is 4.98. The molecule has 2 aromatic carbocycles. The summed E-state index contributed by atoms with van der Waals surface area (Å²) in [4.78, 5) is 39.8. The largest absolute Gasteiger partial charge is 0.416 e. The molecule has 0 saturated carbocycles. The van der Waals surface area contributed by atoms with Crippen molar-refractivity contribution in [3.8, 4) is 0 Å². The molecular formula is C25H31F3N6O3. The van der Waals surface area contributed by atoms with Crippen LogP contribution in [0.2, 0.25) is 0 Å². The minimum Gasteiger partial charge on any atom is -0.343 e. The first kappa shape index (κ1) is 28.1. The number of nitrogens with two attached hydrogens (primary N) is 3. The molecule has 0 bridgehead atoms. The van der Waals surface area contributed by atoms with Crippen LogP contribution < -0.4 is 27.8 Å². The van der Waals surface area contributed by atoms with Crippen LogP contribution in [0.4, 0.5) is 18.9 Å². The molecule has 1 aliphatic heterocycles. The summed E-state index contributed by atoms with van der Waals surface area (Å²) in [5.74, 6) is -1.84. The van der Waals surface area contributed by atoms with Crippen molar-refractivity contribution in [1.82, 2.24) is 10.2 Å². The maximum atomic E-state index is 13.1. The number of carbonyl (C=O) groups is 3. The standard InChI is InChI=1S/C25H31F3N6O3/c26-25(27,28)16-7-4-8-17(11-16)32-24(37)21(10-9-15-5-2-1-3-6-15)33-23(36)18(29)12-22(35)34-13-19(30)20(31)14-34/h1-8,11,18-21H,9-10,12-14,29-31H2,(H,32,37)(H,33,36)/t18-,19-,20+,21?/m0/s1. The van der Waals surface area contributed by atoms with E-state index in [9.17, 15) is 27.6 Å². The van der Waals surface area contributed by atoms with Gasteiger partial charge in [-0.05, 0) is 36.6 Å². The number of benzene rings is 2. The number of aryl methyl sites for hydroxylation is 1. The lowest BCUT2D eigenvalue weighted by Crippen LogP contribution is -2.51. The summed E-state index contributed by atoms with van der Waals surface area (Å²) in [6, 6.07) is 10.3. The molecule has 0 aromatic heterocycles. The van der Waals surface area contributed by atoms with Gasteiger partial charge in [0.05, 0.1) is 18.0 Å². The van der Waals surface area contributed by atoms with Gasteiger partial charge in [-0.25, -0.2) is 0 Å². The molecule has 0 radical (unpaired) electrons. The molecule has 4 atom stereocenters. The van der Waals surface area contributed by atoms with E-state index in [2.05, 4.69) is 10.6 Å². The highest BCUT2D eigenvalue weighted by Gasteiger charge is 2.33. The van der Waals surface area contributed by atoms with Crippen molar-refractivity contribution in [1.29, 1.82) is 0 Å². The van der Waals surface area contributed by atoms with E-state index in [4.69, 9.17) is 17.2 Å². The molecule has 3 rings (SSSR count). The molecule has 3 amide bonds. The molecule has 1 fully saturated rings. The Kier molecular flexibility index (Phi) is 9.24. The minimum atomic E-state index is -4.58. The van der Waals surface area contributed by atoms with E-state index >= 15 is 0 Å². The molecule has 9 nitrogen and oxygen atoms in total. The highest BCUT2D eigenvalue weighted by molar-refractivity contribution is 5.98. The van der Waals surface area contributed by atoms with Crippen LogP contribution in [0.15, 0.2) is 54.6 Å². The van der Waals surface area contributed by atoms with Gasteiger partial charge in [0, 0.05) is 30.9 Å². The predicted molar refractivity (Wildman–Crippen MR) is 132 cm³/mol. The van der Waals surface area contributed by atoms with Crippen molar-refractivity contribution >= 4 is 23.4 Å². The van der Waals surface area contributed by atoms with E-state index in [0.29, 0.717) is 6.42 Å². The normalized spacial score (nSPS) is 19.2. The van der Waals surface area contributed by atoms with Crippen molar-refractivity contribution in [3.63, 3.8) is 0 Å². The Hall–Kier alpha value is -3.48. The number of alkyl halides is 3. The minimum absolute atomic E-state index is 0.0695. The topological polar surface area (TPSA) is 157 Å². The first-order valence-corrected chi connectivity index (χ1v) is 11.8. The third-order valence-corrected chi connectivity index (χ3v) is 6.15. The fourth-order valence-electron chi connectivity index (χ4n) is 3.97. The van der Waals surface area contributed by atoms with Gasteiger partial charge >= 0.3 is 6.18 Å². The highest BCUT2D eigenvalue weighted by atomic mass is 19.4. The Bertz CT molecular complexity index is 1090. The zero-order valence-electron chi connectivity index (χ0n) is 20.1. The molecule has 8 N–H and O–H groups in total. The fraction of sp³-hybridized carbons (Fsp3) is 0.400. The Morgan fingerprint density at radius 1 is 0.973 bits per heavy atom. The van der Waals surface area contributed by atoms with Crippen LogP contribution in [-0.4, -0.2) is 59.9 Å². The maximum Gasteiger partial charge on any atom is 0.416 e. The van der Waals surface area contributed by atoms with Crippen molar-refractivity contribution < 1.29 is 27.6 Å². The van der Waals surface area contributed by atoms with Crippen LogP contribution in [0.1, 0.15) is 24.0 Å². The zero-order chi connectivity index (χ0) is 27.2. The average Bonchev–Trinajstić information content (AvgIpc) is 3.20. The maximum absolute atomic E-state index is 13.1. The Morgan fingerprint density at radius 2 is 1.62 bits per heavy atom. The second-order valence-electron chi connectivity index (χ2n) is 9.09. The number of likely N-dealkylation sites (tertiary alicyclic amines) is 1. The molecule has 1 heterocycles. The Balaban J connectivity index is 1.67. The summed E-state index contributed by atoms with van der Waals surface area (Å²) in [6.07, 6.45) is -4.34. The Morgan fingerprint density at radius 3 is 2.24 bits per heavy atom. The third-order valence-electron chi connectivity index (χ3n) is 6.15. The SMILES string of the molecule is N[C@@H]1CN(C(=O)C[C@H](N)C(=O)NC(CCc2ccccc2)C(=O)Nc2cccc(C(F)(F)F)c2)C[C@@H]1N. The number of amides is 3. The molecule has 2 aromatic rings. The number of carbonyl (C=O) groups excluding carboxylic acids is 3. The van der Waals surface area contributed by atoms with Crippen LogP contribution in [0.3, 0.4) is 0 Å². The van der Waals surface area contributed by atoms with Crippen molar-refractivity contribution in [2.75, 3.05) is 18.4 Å². The van der Waals surface area contributed by atoms with Gasteiger partial charge in [-0.15, -0.1) is 0 Å². The van der Waals surface area contributed by atoms with Crippen LogP contribution in [0, 0.1) is 0 Å². The van der Waals surface area contributed by atoms with E-state index in [1.165, 1.54) is 17.0 Å². The van der Waals surface area contributed by atoms with Crippen LogP contribution in [-0.2, 0) is 27.0 Å². The lowest BCUT2D eigenvalue weighted by Gasteiger charge is -2.22. The van der Waals surface area contributed by atoms with Crippen molar-refractivity contribution in [2.45, 2.75) is 49.6 Å². The predicted octanol–water partition coefficient (Wildman–Crippen LogP) is 0.976. The van der Waals surface area contributed by atoms with E-state index in [1.54, 1.807) is 0 Å². The van der Waals surface area contributed by atoms with Crippen molar-refractivity contribution in [2.24, 2.45) is 17.2 Å². The number of nitrogens with one attached hydrogen (secondary N) is 2. The van der Waals surface area contributed by atoms with E-state index in [0.717, 1.165) is 17.7 Å². The number of nitrogens with zero attached hydrogens (tertiary/aromatic N) is 1. The summed E-state index contributed by atoms with van der Waals surface area (Å²) in [6.45, 7) is 0.515. The van der Waals surface area contributed by atoms with E-state index in [1.807, 2.05) is 30.3 Å². The molecule has 1 aliphatic rings. The molecule has 37 heavy (non-hydrogen) atoms. The molecule has 1 unspecified atom stereocenters. The lowest BCUT2D eigenvalue weighted by atomic mass is 10.0. The number of rotatable bonds is 9. The summed E-state index contributed by atoms with van der Waals surface area (Å²) in [7, 11) is 0. The van der Waals surface area contributed by atoms with Gasteiger partial charge in [-0.3, -0.25) is 14.4 Å². The quantitative estimate of drug-likeness (QED) is 0.332. The third kappa shape index (κ3) is 8.00. The Labute approximate surface area is 212 Å². The highest BCUT2D eigenvalue weighted by Crippen LogP contribution is 2.30. The summed E-state index contributed by atoms with van der Waals surface area (Å²) < 4.78 is 39.2. The molecule has 0 spiro atoms. The van der Waals surface area contributed by atoms with Gasteiger partial charge in [0.15, 0.2) is 0 Å². The van der Waals surface area contributed by atoms with E-state index < -0.39 is 35.6 Å². The van der Waals surface area contributed by atoms with Crippen LogP contribution in [0.5, 0.6) is 0 Å². The molecule has 200 valence electrons. The summed E-state index contributed by atoms with van der Waals surface area (Å²) in [5.41, 5.74) is 17.5. The molecule has 1 saturated heterocycles. The van der Waals surface area contributed by atoms with Gasteiger partial charge in [0.2, 0.25) is 17.7 Å². The van der Waals surface area contributed by atoms with Crippen LogP contribution >= 0.6 is 0 Å². The second kappa shape index (κ2) is 12.2. The van der Waals surface area contributed by atoms with Crippen molar-refractivity contribution in [3.05, 3.63) is 65.7 Å². The van der Waals surface area contributed by atoms with Crippen LogP contribution in [0.25, 0.3) is 0 Å². The zero-order valence-corrected chi connectivity index (χ0v) is 20.1. The van der Waals surface area contributed by atoms with Gasteiger partial charge < -0.3 is 32.7 Å². The molecule has 0 aliphatic carbocycles. The number of hydrogen-bond donors (Lipinski definition) is 5. The smallest absolute Gasteiger partial charge is 0.343 e. The van der Waals surface area contributed by atoms with Gasteiger partial charge in [0.1, 0.15) is 6.04 Å². The fourth-order valence-corrected chi connectivity index (χ4v) is 3.97. The first-order valence-electron chi connectivity index (χ1n) is 11.8. The van der Waals surface area contributed by atoms with Gasteiger partial charge in [0.25, 0.3) is 0 Å². The molecule has 12 heteroatoms. The average molecular weight is 521 g/mol.